The molecule has 0 saturated heterocycles. The lowest BCUT2D eigenvalue weighted by Crippen LogP contribution is -2.48. The average molecular weight is 287 g/mol. The van der Waals surface area contributed by atoms with E-state index in [-0.39, 0.29) is 0 Å². The maximum atomic E-state index is 11.7. The Morgan fingerprint density at radius 1 is 1.37 bits per heavy atom. The maximum absolute atomic E-state index is 11.7. The summed E-state index contributed by atoms with van der Waals surface area (Å²) in [5, 5.41) is 20.3. The van der Waals surface area contributed by atoms with Gasteiger partial charge in [-0.2, -0.15) is 0 Å². The SMILES string of the molecule is CN(Cc1ccc(Cl)cc1)C(=O)NC(CO)C(=O)O. The second-order valence-corrected chi connectivity index (χ2v) is 4.44. The van der Waals surface area contributed by atoms with E-state index in [1.807, 2.05) is 0 Å². The van der Waals surface area contributed by atoms with Gasteiger partial charge >= 0.3 is 12.0 Å². The summed E-state index contributed by atoms with van der Waals surface area (Å²) < 4.78 is 0. The molecule has 0 radical (unpaired) electrons. The first-order valence-electron chi connectivity index (χ1n) is 5.53. The second-order valence-electron chi connectivity index (χ2n) is 4.01. The van der Waals surface area contributed by atoms with Crippen LogP contribution >= 0.6 is 11.6 Å². The summed E-state index contributed by atoms with van der Waals surface area (Å²) in [4.78, 5) is 23.7. The number of carbonyl (C=O) groups is 2. The minimum absolute atomic E-state index is 0.306. The van der Waals surface area contributed by atoms with E-state index in [9.17, 15) is 9.59 Å². The molecule has 0 spiro atoms. The topological polar surface area (TPSA) is 89.9 Å². The van der Waals surface area contributed by atoms with E-state index in [0.29, 0.717) is 11.6 Å². The summed E-state index contributed by atoms with van der Waals surface area (Å²) in [5.41, 5.74) is 0.859. The summed E-state index contributed by atoms with van der Waals surface area (Å²) in [7, 11) is 1.53. The van der Waals surface area contributed by atoms with Gasteiger partial charge in [-0.05, 0) is 17.7 Å². The first kappa shape index (κ1) is 15.3. The maximum Gasteiger partial charge on any atom is 0.328 e. The number of hydrogen-bond donors (Lipinski definition) is 3. The third-order valence-electron chi connectivity index (χ3n) is 2.46. The Bertz CT molecular complexity index is 450. The number of aliphatic carboxylic acids is 1. The first-order valence-corrected chi connectivity index (χ1v) is 5.91. The third kappa shape index (κ3) is 4.76. The molecule has 6 nitrogen and oxygen atoms in total. The fraction of sp³-hybridized carbons (Fsp3) is 0.333. The molecule has 0 aliphatic heterocycles. The first-order chi connectivity index (χ1) is 8.93. The summed E-state index contributed by atoms with van der Waals surface area (Å²) in [6, 6.07) is 5.07. The quantitative estimate of drug-likeness (QED) is 0.751. The van der Waals surface area contributed by atoms with Crippen molar-refractivity contribution in [2.24, 2.45) is 0 Å². The van der Waals surface area contributed by atoms with Gasteiger partial charge in [-0.1, -0.05) is 23.7 Å². The van der Waals surface area contributed by atoms with Crippen molar-refractivity contribution in [2.45, 2.75) is 12.6 Å². The van der Waals surface area contributed by atoms with Crippen molar-refractivity contribution in [3.05, 3.63) is 34.9 Å². The Morgan fingerprint density at radius 3 is 2.42 bits per heavy atom. The Hall–Kier alpha value is -1.79. The molecule has 3 N–H and O–H groups in total. The van der Waals surface area contributed by atoms with Crippen LogP contribution in [0.5, 0.6) is 0 Å². The molecule has 0 saturated carbocycles. The van der Waals surface area contributed by atoms with Gasteiger partial charge in [-0.25, -0.2) is 9.59 Å². The van der Waals surface area contributed by atoms with Crippen LogP contribution in [0, 0.1) is 0 Å². The number of benzene rings is 1. The van der Waals surface area contributed by atoms with Gasteiger partial charge in [0.25, 0.3) is 0 Å². The van der Waals surface area contributed by atoms with Crippen molar-refractivity contribution >= 4 is 23.6 Å². The lowest BCUT2D eigenvalue weighted by Gasteiger charge is -2.20. The molecule has 0 aromatic heterocycles. The monoisotopic (exact) mass is 286 g/mol. The minimum atomic E-state index is -1.31. The number of carbonyl (C=O) groups excluding carboxylic acids is 1. The van der Waals surface area contributed by atoms with Gasteiger partial charge in [0.05, 0.1) is 6.61 Å². The molecule has 0 bridgehead atoms. The van der Waals surface area contributed by atoms with Gasteiger partial charge in [-0.3, -0.25) is 0 Å². The highest BCUT2D eigenvalue weighted by Gasteiger charge is 2.20. The van der Waals surface area contributed by atoms with Crippen LogP contribution in [0.25, 0.3) is 0 Å². The van der Waals surface area contributed by atoms with E-state index >= 15 is 0 Å². The van der Waals surface area contributed by atoms with Gasteiger partial charge in [-0.15, -0.1) is 0 Å². The molecule has 0 aliphatic carbocycles. The summed E-state index contributed by atoms with van der Waals surface area (Å²) >= 11 is 5.75. The van der Waals surface area contributed by atoms with E-state index < -0.39 is 24.6 Å². The number of amides is 2. The number of hydrogen-bond acceptors (Lipinski definition) is 3. The van der Waals surface area contributed by atoms with Crippen molar-refractivity contribution in [1.82, 2.24) is 10.2 Å². The molecule has 0 aliphatic rings. The second kappa shape index (κ2) is 6.96. The van der Waals surface area contributed by atoms with Crippen LogP contribution in [0.15, 0.2) is 24.3 Å². The fourth-order valence-corrected chi connectivity index (χ4v) is 1.51. The van der Waals surface area contributed by atoms with E-state index in [2.05, 4.69) is 5.32 Å². The smallest absolute Gasteiger partial charge is 0.328 e. The van der Waals surface area contributed by atoms with E-state index in [1.165, 1.54) is 11.9 Å². The third-order valence-corrected chi connectivity index (χ3v) is 2.71. The van der Waals surface area contributed by atoms with Crippen molar-refractivity contribution < 1.29 is 19.8 Å². The normalized spacial score (nSPS) is 11.7. The highest BCUT2D eigenvalue weighted by atomic mass is 35.5. The largest absolute Gasteiger partial charge is 0.480 e. The van der Waals surface area contributed by atoms with Gasteiger partial charge in [0.1, 0.15) is 0 Å². The van der Waals surface area contributed by atoms with Crippen molar-refractivity contribution in [3.8, 4) is 0 Å². The fourth-order valence-electron chi connectivity index (χ4n) is 1.38. The molecule has 0 fully saturated rings. The predicted octanol–water partition coefficient (Wildman–Crippen LogP) is 0.927. The lowest BCUT2D eigenvalue weighted by atomic mass is 10.2. The molecule has 1 unspecified atom stereocenters. The number of rotatable bonds is 5. The van der Waals surface area contributed by atoms with Crippen LogP contribution in [-0.4, -0.2) is 46.8 Å². The Labute approximate surface area is 115 Å². The van der Waals surface area contributed by atoms with Crippen LogP contribution in [0.1, 0.15) is 5.56 Å². The van der Waals surface area contributed by atoms with Gasteiger partial charge in [0.2, 0.25) is 0 Å². The number of aliphatic hydroxyl groups excluding tert-OH is 1. The molecule has 2 amide bonds. The molecular formula is C12H15ClN2O4. The molecule has 1 atom stereocenters. The van der Waals surface area contributed by atoms with Gasteiger partial charge < -0.3 is 20.4 Å². The lowest BCUT2D eigenvalue weighted by molar-refractivity contribution is -0.140. The van der Waals surface area contributed by atoms with E-state index in [0.717, 1.165) is 5.56 Å². The molecule has 1 aromatic carbocycles. The molecule has 19 heavy (non-hydrogen) atoms. The molecule has 1 aromatic rings. The standard InChI is InChI=1S/C12H15ClN2O4/c1-15(6-8-2-4-9(13)5-3-8)12(19)14-10(7-16)11(17)18/h2-5,10,16H,6-7H2,1H3,(H,14,19)(H,17,18). The molecule has 1 rings (SSSR count). The van der Waals surface area contributed by atoms with Crippen LogP contribution < -0.4 is 5.32 Å². The number of halogens is 1. The van der Waals surface area contributed by atoms with Crippen LogP contribution in [0.4, 0.5) is 4.79 Å². The predicted molar refractivity (Wildman–Crippen MR) is 70.0 cm³/mol. The zero-order valence-electron chi connectivity index (χ0n) is 10.3. The number of carboxylic acid groups (broad SMARTS) is 1. The van der Waals surface area contributed by atoms with Crippen LogP contribution in [0.2, 0.25) is 5.02 Å². The Morgan fingerprint density at radius 2 is 1.95 bits per heavy atom. The van der Waals surface area contributed by atoms with Crippen LogP contribution in [0.3, 0.4) is 0 Å². The highest BCUT2D eigenvalue weighted by molar-refractivity contribution is 6.30. The average Bonchev–Trinajstić information content (AvgIpc) is 2.37. The summed E-state index contributed by atoms with van der Waals surface area (Å²) in [6.45, 7) is -0.351. The zero-order chi connectivity index (χ0) is 14.4. The van der Waals surface area contributed by atoms with E-state index in [4.69, 9.17) is 21.8 Å². The number of urea groups is 1. The summed E-state index contributed by atoms with van der Waals surface area (Å²) in [5.74, 6) is -1.28. The number of aliphatic hydroxyl groups is 1. The molecule has 0 heterocycles. The van der Waals surface area contributed by atoms with Crippen molar-refractivity contribution in [1.29, 1.82) is 0 Å². The number of nitrogens with one attached hydrogen (secondary N) is 1. The van der Waals surface area contributed by atoms with Gasteiger partial charge in [0.15, 0.2) is 6.04 Å². The minimum Gasteiger partial charge on any atom is -0.480 e. The number of carboxylic acids is 1. The molecule has 104 valence electrons. The van der Waals surface area contributed by atoms with Crippen molar-refractivity contribution in [3.63, 3.8) is 0 Å². The Balaban J connectivity index is 2.57. The molecule has 7 heteroatoms. The van der Waals surface area contributed by atoms with Gasteiger partial charge in [0, 0.05) is 18.6 Å². The Kier molecular flexibility index (Phi) is 5.59. The van der Waals surface area contributed by atoms with E-state index in [1.54, 1.807) is 24.3 Å². The number of nitrogens with zero attached hydrogens (tertiary/aromatic N) is 1. The summed E-state index contributed by atoms with van der Waals surface area (Å²) in [6.07, 6.45) is 0. The van der Waals surface area contributed by atoms with Crippen LogP contribution in [-0.2, 0) is 11.3 Å². The zero-order valence-corrected chi connectivity index (χ0v) is 11.1. The highest BCUT2D eigenvalue weighted by Crippen LogP contribution is 2.10. The van der Waals surface area contributed by atoms with Crippen molar-refractivity contribution in [2.75, 3.05) is 13.7 Å². The molecular weight excluding hydrogens is 272 g/mol.